The second kappa shape index (κ2) is 4.85. The summed E-state index contributed by atoms with van der Waals surface area (Å²) in [5.74, 6) is -2.36. The van der Waals surface area contributed by atoms with Crippen LogP contribution in [0.15, 0.2) is 18.2 Å². The molecule has 2 amide bonds. The van der Waals surface area contributed by atoms with E-state index in [0.29, 0.717) is 12.5 Å². The third kappa shape index (κ3) is 2.15. The van der Waals surface area contributed by atoms with Gasteiger partial charge in [-0.25, -0.2) is 8.78 Å². The van der Waals surface area contributed by atoms with Crippen molar-refractivity contribution >= 4 is 17.5 Å². The Morgan fingerprint density at radius 2 is 2.00 bits per heavy atom. The molecule has 6 heteroatoms. The number of amides is 2. The number of nitrogens with one attached hydrogen (secondary N) is 1. The van der Waals surface area contributed by atoms with Gasteiger partial charge in [0, 0.05) is 6.07 Å². The molecule has 0 radical (unpaired) electrons. The van der Waals surface area contributed by atoms with Crippen LogP contribution in [0.1, 0.15) is 27.2 Å². The third-order valence-corrected chi connectivity index (χ3v) is 3.73. The van der Waals surface area contributed by atoms with Crippen molar-refractivity contribution in [2.75, 3.05) is 4.90 Å². The number of benzene rings is 1. The average molecular weight is 282 g/mol. The summed E-state index contributed by atoms with van der Waals surface area (Å²) in [5, 5.41) is 2.65. The highest BCUT2D eigenvalue weighted by atomic mass is 19.1. The number of piperazine rings is 1. The number of halogens is 2. The van der Waals surface area contributed by atoms with Crippen molar-refractivity contribution in [1.29, 1.82) is 0 Å². The molecule has 2 unspecified atom stereocenters. The molecule has 0 bridgehead atoms. The molecule has 1 fully saturated rings. The van der Waals surface area contributed by atoms with E-state index >= 15 is 0 Å². The zero-order valence-corrected chi connectivity index (χ0v) is 11.5. The maximum atomic E-state index is 13.9. The molecule has 1 aliphatic heterocycles. The second-order valence-electron chi connectivity index (χ2n) is 5.12. The Bertz CT molecular complexity index is 576. The van der Waals surface area contributed by atoms with Gasteiger partial charge in [0.15, 0.2) is 0 Å². The number of nitrogens with zero attached hydrogens (tertiary/aromatic N) is 1. The Hall–Kier alpha value is -1.98. The molecule has 0 saturated carbocycles. The summed E-state index contributed by atoms with van der Waals surface area (Å²) in [6.45, 7) is 4.85. The maximum absolute atomic E-state index is 13.9. The fraction of sp³-hybridized carbons (Fsp3) is 0.429. The first-order valence-electron chi connectivity index (χ1n) is 6.41. The van der Waals surface area contributed by atoms with Crippen LogP contribution in [0.4, 0.5) is 14.5 Å². The molecular formula is C14H16F2N2O2. The minimum atomic E-state index is -1.08. The largest absolute Gasteiger partial charge is 0.340 e. The van der Waals surface area contributed by atoms with Gasteiger partial charge < -0.3 is 5.32 Å². The Balaban J connectivity index is 2.51. The lowest BCUT2D eigenvalue weighted by molar-refractivity contribution is -0.137. The van der Waals surface area contributed by atoms with Gasteiger partial charge in [-0.3, -0.25) is 14.5 Å². The molecule has 0 aromatic heterocycles. The molecule has 0 spiro atoms. The van der Waals surface area contributed by atoms with Gasteiger partial charge in [0.05, 0.1) is 5.69 Å². The number of carbonyl (C=O) groups is 2. The number of carbonyl (C=O) groups excluding carboxylic acids is 2. The van der Waals surface area contributed by atoms with E-state index in [2.05, 4.69) is 5.32 Å². The molecule has 1 heterocycles. The maximum Gasteiger partial charge on any atom is 0.253 e. The van der Waals surface area contributed by atoms with Crippen LogP contribution < -0.4 is 10.2 Å². The van der Waals surface area contributed by atoms with E-state index < -0.39 is 29.1 Å². The van der Waals surface area contributed by atoms with Crippen molar-refractivity contribution in [2.45, 2.75) is 38.8 Å². The highest BCUT2D eigenvalue weighted by Crippen LogP contribution is 2.29. The third-order valence-electron chi connectivity index (χ3n) is 3.73. The summed E-state index contributed by atoms with van der Waals surface area (Å²) >= 11 is 0. The van der Waals surface area contributed by atoms with E-state index in [1.54, 1.807) is 13.8 Å². The summed E-state index contributed by atoms with van der Waals surface area (Å²) in [6.07, 6.45) is 0.379. The fourth-order valence-corrected chi connectivity index (χ4v) is 2.22. The van der Waals surface area contributed by atoms with E-state index in [0.717, 1.165) is 11.0 Å². The minimum Gasteiger partial charge on any atom is -0.340 e. The Morgan fingerprint density at radius 3 is 2.55 bits per heavy atom. The highest BCUT2D eigenvalue weighted by Gasteiger charge is 2.46. The topological polar surface area (TPSA) is 49.4 Å². The van der Waals surface area contributed by atoms with E-state index in [1.165, 1.54) is 13.0 Å². The SMILES string of the molecule is CCC1(C)NC(=O)C(C)N(c2ccc(F)cc2F)C1=O. The number of rotatable bonds is 2. The molecule has 108 valence electrons. The first-order chi connectivity index (χ1) is 9.30. The quantitative estimate of drug-likeness (QED) is 0.901. The van der Waals surface area contributed by atoms with E-state index in [4.69, 9.17) is 0 Å². The number of hydrogen-bond acceptors (Lipinski definition) is 2. The van der Waals surface area contributed by atoms with Crippen LogP contribution in [-0.2, 0) is 9.59 Å². The Kier molecular flexibility index (Phi) is 3.50. The lowest BCUT2D eigenvalue weighted by Crippen LogP contribution is -2.68. The van der Waals surface area contributed by atoms with Crippen LogP contribution in [0, 0.1) is 11.6 Å². The lowest BCUT2D eigenvalue weighted by atomic mass is 9.91. The normalized spacial score (nSPS) is 26.6. The van der Waals surface area contributed by atoms with Crippen LogP contribution in [0.25, 0.3) is 0 Å². The molecule has 1 aliphatic rings. The lowest BCUT2D eigenvalue weighted by Gasteiger charge is -2.42. The Labute approximate surface area is 115 Å². The van der Waals surface area contributed by atoms with Crippen molar-refractivity contribution in [2.24, 2.45) is 0 Å². The van der Waals surface area contributed by atoms with Gasteiger partial charge in [0.2, 0.25) is 5.91 Å². The molecule has 2 rings (SSSR count). The van der Waals surface area contributed by atoms with Crippen molar-refractivity contribution < 1.29 is 18.4 Å². The van der Waals surface area contributed by atoms with Gasteiger partial charge in [-0.1, -0.05) is 6.92 Å². The van der Waals surface area contributed by atoms with Gasteiger partial charge in [0.25, 0.3) is 5.91 Å². The first kappa shape index (κ1) is 14.4. The molecule has 2 atom stereocenters. The fourth-order valence-electron chi connectivity index (χ4n) is 2.22. The van der Waals surface area contributed by atoms with Gasteiger partial charge in [-0.2, -0.15) is 0 Å². The summed E-state index contributed by atoms with van der Waals surface area (Å²) in [4.78, 5) is 25.6. The van der Waals surface area contributed by atoms with Crippen LogP contribution in [-0.4, -0.2) is 23.4 Å². The Morgan fingerprint density at radius 1 is 1.35 bits per heavy atom. The van der Waals surface area contributed by atoms with Crippen LogP contribution in [0.2, 0.25) is 0 Å². The average Bonchev–Trinajstić information content (AvgIpc) is 2.39. The van der Waals surface area contributed by atoms with Crippen LogP contribution >= 0.6 is 0 Å². The zero-order chi connectivity index (χ0) is 15.1. The summed E-state index contributed by atoms with van der Waals surface area (Å²) < 4.78 is 26.9. The smallest absolute Gasteiger partial charge is 0.253 e. The molecule has 1 N–H and O–H groups in total. The van der Waals surface area contributed by atoms with Crippen molar-refractivity contribution in [1.82, 2.24) is 5.32 Å². The van der Waals surface area contributed by atoms with Gasteiger partial charge in [-0.05, 0) is 32.4 Å². The predicted octanol–water partition coefficient (Wildman–Crippen LogP) is 1.98. The van der Waals surface area contributed by atoms with Crippen molar-refractivity contribution in [3.05, 3.63) is 29.8 Å². The van der Waals surface area contributed by atoms with Gasteiger partial charge in [0.1, 0.15) is 23.2 Å². The molecule has 1 aromatic carbocycles. The molecule has 4 nitrogen and oxygen atoms in total. The number of hydrogen-bond donors (Lipinski definition) is 1. The molecule has 1 saturated heterocycles. The highest BCUT2D eigenvalue weighted by molar-refractivity contribution is 6.10. The predicted molar refractivity (Wildman–Crippen MR) is 70.1 cm³/mol. The molecule has 1 aromatic rings. The monoisotopic (exact) mass is 282 g/mol. The first-order valence-corrected chi connectivity index (χ1v) is 6.41. The van der Waals surface area contributed by atoms with Crippen molar-refractivity contribution in [3.63, 3.8) is 0 Å². The van der Waals surface area contributed by atoms with Crippen molar-refractivity contribution in [3.8, 4) is 0 Å². The standard InChI is InChI=1S/C14H16F2N2O2/c1-4-14(3)13(20)18(8(2)12(19)17-14)11-6-5-9(15)7-10(11)16/h5-8H,4H2,1-3H3,(H,17,19). The summed E-state index contributed by atoms with van der Waals surface area (Å²) in [5.41, 5.74) is -1.16. The zero-order valence-electron chi connectivity index (χ0n) is 11.5. The van der Waals surface area contributed by atoms with Crippen LogP contribution in [0.3, 0.4) is 0 Å². The van der Waals surface area contributed by atoms with E-state index in [1.807, 2.05) is 0 Å². The number of anilines is 1. The van der Waals surface area contributed by atoms with Gasteiger partial charge in [-0.15, -0.1) is 0 Å². The second-order valence-corrected chi connectivity index (χ2v) is 5.12. The summed E-state index contributed by atoms with van der Waals surface area (Å²) in [7, 11) is 0. The van der Waals surface area contributed by atoms with Gasteiger partial charge >= 0.3 is 0 Å². The van der Waals surface area contributed by atoms with Crippen LogP contribution in [0.5, 0.6) is 0 Å². The molecule has 0 aliphatic carbocycles. The molecule has 20 heavy (non-hydrogen) atoms. The van der Waals surface area contributed by atoms with E-state index in [9.17, 15) is 18.4 Å². The molecular weight excluding hydrogens is 266 g/mol. The minimum absolute atomic E-state index is 0.0848. The summed E-state index contributed by atoms with van der Waals surface area (Å²) in [6, 6.07) is 2.09. The van der Waals surface area contributed by atoms with E-state index in [-0.39, 0.29) is 11.6 Å².